The van der Waals surface area contributed by atoms with Crippen LogP contribution < -0.4 is 0 Å². The van der Waals surface area contributed by atoms with E-state index in [1.54, 1.807) is 24.3 Å². The summed E-state index contributed by atoms with van der Waals surface area (Å²) in [5, 5.41) is 0.705. The van der Waals surface area contributed by atoms with Crippen LogP contribution in [-0.2, 0) is 16.6 Å². The summed E-state index contributed by atoms with van der Waals surface area (Å²) in [4.78, 5) is 6.30. The van der Waals surface area contributed by atoms with E-state index in [1.807, 2.05) is 0 Å². The minimum absolute atomic E-state index is 0.0824. The Balaban J connectivity index is 2.17. The maximum atomic E-state index is 12.1. The maximum Gasteiger partial charge on any atom is 0.260 e. The average molecular weight is 286 g/mol. The lowest BCUT2D eigenvalue weighted by atomic mass is 10.2. The molecule has 0 radical (unpaired) electrons. The molecule has 2 aromatic rings. The van der Waals surface area contributed by atoms with Crippen LogP contribution in [0, 0.1) is 0 Å². The van der Waals surface area contributed by atoms with Gasteiger partial charge in [0.2, 0.25) is 0 Å². The van der Waals surface area contributed by atoms with Crippen LogP contribution in [0.15, 0.2) is 41.8 Å². The molecule has 96 valence electrons. The smallest absolute Gasteiger partial charge is 0.260 e. The highest BCUT2D eigenvalue weighted by molar-refractivity contribution is 7.89. The molecule has 7 heteroatoms. The van der Waals surface area contributed by atoms with Crippen molar-refractivity contribution in [3.8, 4) is 0 Å². The van der Waals surface area contributed by atoms with Crippen LogP contribution in [0.5, 0.6) is 0 Å². The lowest BCUT2D eigenvalue weighted by Crippen LogP contribution is -2.26. The van der Waals surface area contributed by atoms with E-state index in [9.17, 15) is 8.42 Å². The molecule has 0 saturated carbocycles. The summed E-state index contributed by atoms with van der Waals surface area (Å²) in [6, 6.07) is 7.05. The summed E-state index contributed by atoms with van der Waals surface area (Å²) in [6.45, 7) is 0.276. The van der Waals surface area contributed by atoms with E-state index in [2.05, 4.69) is 9.97 Å². The number of hydrogen-bond donors (Lipinski definition) is 1. The molecule has 2 rings (SSSR count). The van der Waals surface area contributed by atoms with E-state index in [1.165, 1.54) is 23.9 Å². The first-order valence-corrected chi connectivity index (χ1v) is 7.01. The molecule has 0 unspecified atom stereocenters. The van der Waals surface area contributed by atoms with Gasteiger partial charge in [-0.05, 0) is 17.7 Å². The molecule has 0 aliphatic rings. The molecule has 0 bridgehead atoms. The van der Waals surface area contributed by atoms with E-state index in [4.69, 9.17) is 11.6 Å². The van der Waals surface area contributed by atoms with Crippen molar-refractivity contribution in [2.45, 2.75) is 11.6 Å². The molecule has 1 aromatic carbocycles. The first-order chi connectivity index (χ1) is 8.50. The van der Waals surface area contributed by atoms with Gasteiger partial charge in [0.05, 0.1) is 12.5 Å². The minimum atomic E-state index is -3.52. The number of halogens is 1. The van der Waals surface area contributed by atoms with Gasteiger partial charge >= 0.3 is 0 Å². The Kier molecular flexibility index (Phi) is 3.70. The first kappa shape index (κ1) is 13.1. The van der Waals surface area contributed by atoms with Gasteiger partial charge in [0, 0.05) is 18.6 Å². The van der Waals surface area contributed by atoms with Crippen LogP contribution >= 0.6 is 11.6 Å². The van der Waals surface area contributed by atoms with E-state index in [0.717, 1.165) is 5.56 Å². The van der Waals surface area contributed by atoms with Gasteiger partial charge in [0.1, 0.15) is 0 Å². The van der Waals surface area contributed by atoms with Gasteiger partial charge in [0.25, 0.3) is 10.0 Å². The molecule has 1 heterocycles. The maximum absolute atomic E-state index is 12.1. The van der Waals surface area contributed by atoms with Gasteiger partial charge in [-0.3, -0.25) is 0 Å². The molecule has 0 aliphatic heterocycles. The molecule has 1 aromatic heterocycles. The van der Waals surface area contributed by atoms with E-state index < -0.39 is 10.0 Å². The number of H-pyrrole nitrogens is 1. The van der Waals surface area contributed by atoms with Crippen molar-refractivity contribution < 1.29 is 8.42 Å². The lowest BCUT2D eigenvalue weighted by Gasteiger charge is -2.15. The zero-order valence-corrected chi connectivity index (χ0v) is 11.2. The monoisotopic (exact) mass is 285 g/mol. The largest absolute Gasteiger partial charge is 0.335 e. The number of nitrogens with zero attached hydrogens (tertiary/aromatic N) is 2. The Morgan fingerprint density at radius 1 is 1.33 bits per heavy atom. The fourth-order valence-corrected chi connectivity index (χ4v) is 2.66. The minimum Gasteiger partial charge on any atom is -0.335 e. The molecule has 0 spiro atoms. The Morgan fingerprint density at radius 2 is 2.00 bits per heavy atom. The van der Waals surface area contributed by atoms with Crippen LogP contribution in [0.25, 0.3) is 0 Å². The Morgan fingerprint density at radius 3 is 2.56 bits per heavy atom. The third-order valence-corrected chi connectivity index (χ3v) is 4.46. The van der Waals surface area contributed by atoms with Crippen LogP contribution in [0.1, 0.15) is 5.56 Å². The second kappa shape index (κ2) is 5.09. The number of sulfonamides is 1. The van der Waals surface area contributed by atoms with Crippen LogP contribution in [0.3, 0.4) is 0 Å². The molecule has 18 heavy (non-hydrogen) atoms. The van der Waals surface area contributed by atoms with Crippen molar-refractivity contribution >= 4 is 21.6 Å². The Labute approximate surface area is 110 Å². The van der Waals surface area contributed by atoms with Crippen molar-refractivity contribution in [1.82, 2.24) is 14.3 Å². The highest BCUT2D eigenvalue weighted by Crippen LogP contribution is 2.15. The third kappa shape index (κ3) is 2.72. The van der Waals surface area contributed by atoms with Gasteiger partial charge in [-0.15, -0.1) is 0 Å². The summed E-state index contributed by atoms with van der Waals surface area (Å²) in [7, 11) is -2.00. The van der Waals surface area contributed by atoms with E-state index in [0.29, 0.717) is 5.02 Å². The zero-order valence-electron chi connectivity index (χ0n) is 9.67. The topological polar surface area (TPSA) is 66.1 Å². The molecular formula is C11H12ClN3O2S. The number of aromatic amines is 1. The molecule has 0 amide bonds. The Hall–Kier alpha value is -1.37. The summed E-state index contributed by atoms with van der Waals surface area (Å²) < 4.78 is 25.4. The normalized spacial score (nSPS) is 11.9. The Bertz CT molecular complexity index is 608. The second-order valence-corrected chi connectivity index (χ2v) is 6.25. The molecule has 5 nitrogen and oxygen atoms in total. The SMILES string of the molecule is CN(Cc1ccc(Cl)cc1)S(=O)(=O)c1cnc[nH]1. The number of imidazole rings is 1. The lowest BCUT2D eigenvalue weighted by molar-refractivity contribution is 0.464. The van der Waals surface area contributed by atoms with Crippen LogP contribution in [-0.4, -0.2) is 29.7 Å². The second-order valence-electron chi connectivity index (χ2n) is 3.80. The molecule has 0 fully saturated rings. The third-order valence-electron chi connectivity index (χ3n) is 2.48. The summed E-state index contributed by atoms with van der Waals surface area (Å²) in [5.41, 5.74) is 0.866. The van der Waals surface area contributed by atoms with Gasteiger partial charge in [-0.2, -0.15) is 4.31 Å². The fourth-order valence-electron chi connectivity index (χ4n) is 1.48. The predicted octanol–water partition coefficient (Wildman–Crippen LogP) is 1.88. The highest BCUT2D eigenvalue weighted by Gasteiger charge is 2.21. The number of nitrogens with one attached hydrogen (secondary N) is 1. The van der Waals surface area contributed by atoms with E-state index in [-0.39, 0.29) is 11.6 Å². The van der Waals surface area contributed by atoms with Crippen molar-refractivity contribution in [2.75, 3.05) is 7.05 Å². The van der Waals surface area contributed by atoms with Crippen LogP contribution in [0.2, 0.25) is 5.02 Å². The number of rotatable bonds is 4. The van der Waals surface area contributed by atoms with Crippen molar-refractivity contribution in [2.24, 2.45) is 0 Å². The average Bonchev–Trinajstić information content (AvgIpc) is 2.86. The van der Waals surface area contributed by atoms with Crippen molar-refractivity contribution in [3.63, 3.8) is 0 Å². The quantitative estimate of drug-likeness (QED) is 0.933. The molecule has 0 atom stereocenters. The van der Waals surface area contributed by atoms with Crippen LogP contribution in [0.4, 0.5) is 0 Å². The van der Waals surface area contributed by atoms with Gasteiger partial charge in [0.15, 0.2) is 5.03 Å². The van der Waals surface area contributed by atoms with Crippen molar-refractivity contribution in [3.05, 3.63) is 47.4 Å². The van der Waals surface area contributed by atoms with Gasteiger partial charge < -0.3 is 4.98 Å². The fraction of sp³-hybridized carbons (Fsp3) is 0.182. The molecule has 1 N–H and O–H groups in total. The first-order valence-electron chi connectivity index (χ1n) is 5.19. The van der Waals surface area contributed by atoms with Crippen molar-refractivity contribution in [1.29, 1.82) is 0 Å². The molecule has 0 aliphatic carbocycles. The zero-order chi connectivity index (χ0) is 13.2. The number of aromatic nitrogens is 2. The highest BCUT2D eigenvalue weighted by atomic mass is 35.5. The summed E-state index contributed by atoms with van der Waals surface area (Å²) in [5.74, 6) is 0. The van der Waals surface area contributed by atoms with Gasteiger partial charge in [-0.25, -0.2) is 13.4 Å². The summed E-state index contributed by atoms with van der Waals surface area (Å²) >= 11 is 5.77. The number of hydrogen-bond acceptors (Lipinski definition) is 3. The summed E-state index contributed by atoms with van der Waals surface area (Å²) in [6.07, 6.45) is 2.62. The standard InChI is InChI=1S/C11H12ClN3O2S/c1-15(7-9-2-4-10(12)5-3-9)18(16,17)11-6-13-8-14-11/h2-6,8H,7H2,1H3,(H,13,14). The van der Waals surface area contributed by atoms with E-state index >= 15 is 0 Å². The number of benzene rings is 1. The van der Waals surface area contributed by atoms with Gasteiger partial charge in [-0.1, -0.05) is 23.7 Å². The predicted molar refractivity (Wildman–Crippen MR) is 68.7 cm³/mol. The molecular weight excluding hydrogens is 274 g/mol. The molecule has 0 saturated heterocycles.